The van der Waals surface area contributed by atoms with Crippen molar-refractivity contribution >= 4 is 21.6 Å². The molecule has 0 aromatic heterocycles. The molecular weight excluding hydrogens is 300 g/mol. The molecule has 0 spiro atoms. The van der Waals surface area contributed by atoms with Gasteiger partial charge in [-0.1, -0.05) is 26.3 Å². The summed E-state index contributed by atoms with van der Waals surface area (Å²) < 4.78 is 1.23. The number of hydrogen-bond donors (Lipinski definition) is 1. The van der Waals surface area contributed by atoms with Gasteiger partial charge < -0.3 is 10.2 Å². The minimum Gasteiger partial charge on any atom is -0.371 e. The Morgan fingerprint density at radius 2 is 2.00 bits per heavy atom. The number of hydrogen-bond acceptors (Lipinski definition) is 2. The standard InChI is InChI=1S/C16H25BrN2/c1-3-13-7-9-19(10-8-13)16-6-5-14(11-15(16)17)12-18-4-2/h5-6,11,13,18H,3-4,7-10,12H2,1-2H3. The van der Waals surface area contributed by atoms with Gasteiger partial charge in [0.25, 0.3) is 0 Å². The Morgan fingerprint density at radius 1 is 1.26 bits per heavy atom. The summed E-state index contributed by atoms with van der Waals surface area (Å²) in [6.07, 6.45) is 4.00. The molecule has 0 radical (unpaired) electrons. The molecule has 1 heterocycles. The van der Waals surface area contributed by atoms with Crippen LogP contribution in [0.4, 0.5) is 5.69 Å². The van der Waals surface area contributed by atoms with Gasteiger partial charge in [-0.15, -0.1) is 0 Å². The molecule has 1 saturated heterocycles. The molecule has 0 saturated carbocycles. The molecule has 0 amide bonds. The zero-order valence-corrected chi connectivity index (χ0v) is 13.7. The van der Waals surface area contributed by atoms with Crippen LogP contribution >= 0.6 is 15.9 Å². The Morgan fingerprint density at radius 3 is 2.58 bits per heavy atom. The predicted molar refractivity (Wildman–Crippen MR) is 86.8 cm³/mol. The van der Waals surface area contributed by atoms with Gasteiger partial charge in [-0.3, -0.25) is 0 Å². The van der Waals surface area contributed by atoms with Crippen LogP contribution in [0.5, 0.6) is 0 Å². The monoisotopic (exact) mass is 324 g/mol. The highest BCUT2D eigenvalue weighted by Crippen LogP contribution is 2.31. The van der Waals surface area contributed by atoms with E-state index < -0.39 is 0 Å². The molecule has 0 unspecified atom stereocenters. The second kappa shape index (κ2) is 7.30. The highest BCUT2D eigenvalue weighted by molar-refractivity contribution is 9.10. The topological polar surface area (TPSA) is 15.3 Å². The Hall–Kier alpha value is -0.540. The molecule has 19 heavy (non-hydrogen) atoms. The number of halogens is 1. The van der Waals surface area contributed by atoms with Crippen molar-refractivity contribution in [3.63, 3.8) is 0 Å². The van der Waals surface area contributed by atoms with E-state index in [1.54, 1.807) is 0 Å². The molecule has 1 aliphatic rings. The minimum atomic E-state index is 0.933. The Kier molecular flexibility index (Phi) is 5.71. The minimum absolute atomic E-state index is 0.933. The quantitative estimate of drug-likeness (QED) is 0.873. The van der Waals surface area contributed by atoms with Crippen molar-refractivity contribution in [2.45, 2.75) is 39.7 Å². The van der Waals surface area contributed by atoms with E-state index in [9.17, 15) is 0 Å². The van der Waals surface area contributed by atoms with Crippen LogP contribution in [0.2, 0.25) is 0 Å². The van der Waals surface area contributed by atoms with E-state index in [1.165, 1.54) is 48.1 Å². The molecule has 1 N–H and O–H groups in total. The molecule has 1 fully saturated rings. The second-order valence-corrected chi connectivity index (χ2v) is 6.26. The summed E-state index contributed by atoms with van der Waals surface area (Å²) in [6, 6.07) is 6.77. The first-order chi connectivity index (χ1) is 9.24. The van der Waals surface area contributed by atoms with Crippen molar-refractivity contribution in [1.82, 2.24) is 5.32 Å². The van der Waals surface area contributed by atoms with Gasteiger partial charge in [-0.2, -0.15) is 0 Å². The third-order valence-corrected chi connectivity index (χ3v) is 4.76. The van der Waals surface area contributed by atoms with Crippen molar-refractivity contribution in [3.05, 3.63) is 28.2 Å². The van der Waals surface area contributed by atoms with Crippen LogP contribution in [-0.2, 0) is 6.54 Å². The van der Waals surface area contributed by atoms with E-state index in [1.807, 2.05) is 0 Å². The Balaban J connectivity index is 2.01. The SMILES string of the molecule is CCNCc1ccc(N2CCC(CC)CC2)c(Br)c1. The van der Waals surface area contributed by atoms with Gasteiger partial charge in [-0.25, -0.2) is 0 Å². The van der Waals surface area contributed by atoms with Crippen LogP contribution in [0.25, 0.3) is 0 Å². The molecule has 0 aliphatic carbocycles. The summed E-state index contributed by atoms with van der Waals surface area (Å²) >= 11 is 3.74. The van der Waals surface area contributed by atoms with E-state index in [0.717, 1.165) is 19.0 Å². The fraction of sp³-hybridized carbons (Fsp3) is 0.625. The summed E-state index contributed by atoms with van der Waals surface area (Å²) in [7, 11) is 0. The van der Waals surface area contributed by atoms with E-state index in [4.69, 9.17) is 0 Å². The van der Waals surface area contributed by atoms with Crippen molar-refractivity contribution in [2.24, 2.45) is 5.92 Å². The first-order valence-electron chi connectivity index (χ1n) is 7.48. The van der Waals surface area contributed by atoms with Crippen molar-refractivity contribution in [1.29, 1.82) is 0 Å². The van der Waals surface area contributed by atoms with Gasteiger partial charge >= 0.3 is 0 Å². The van der Waals surface area contributed by atoms with Crippen LogP contribution in [0.3, 0.4) is 0 Å². The lowest BCUT2D eigenvalue weighted by Gasteiger charge is -2.34. The second-order valence-electron chi connectivity index (χ2n) is 5.40. The summed E-state index contributed by atoms with van der Waals surface area (Å²) in [5, 5.41) is 3.37. The molecule has 1 aromatic carbocycles. The van der Waals surface area contributed by atoms with E-state index in [0.29, 0.717) is 0 Å². The Bertz CT molecular complexity index is 398. The normalized spacial score (nSPS) is 16.9. The van der Waals surface area contributed by atoms with Crippen LogP contribution < -0.4 is 10.2 Å². The van der Waals surface area contributed by atoms with Crippen molar-refractivity contribution in [2.75, 3.05) is 24.5 Å². The number of nitrogens with zero attached hydrogens (tertiary/aromatic N) is 1. The van der Waals surface area contributed by atoms with Crippen molar-refractivity contribution in [3.8, 4) is 0 Å². The zero-order chi connectivity index (χ0) is 13.7. The molecule has 1 aliphatic heterocycles. The maximum atomic E-state index is 3.74. The van der Waals surface area contributed by atoms with Crippen LogP contribution in [0.1, 0.15) is 38.7 Å². The molecule has 0 bridgehead atoms. The third kappa shape index (κ3) is 3.96. The smallest absolute Gasteiger partial charge is 0.0510 e. The molecule has 106 valence electrons. The number of nitrogens with one attached hydrogen (secondary N) is 1. The number of benzene rings is 1. The fourth-order valence-corrected chi connectivity index (χ4v) is 3.45. The van der Waals surface area contributed by atoms with Crippen LogP contribution in [0, 0.1) is 5.92 Å². The summed E-state index contributed by atoms with van der Waals surface area (Å²) in [4.78, 5) is 2.52. The van der Waals surface area contributed by atoms with Crippen molar-refractivity contribution < 1.29 is 0 Å². The van der Waals surface area contributed by atoms with Crippen LogP contribution in [-0.4, -0.2) is 19.6 Å². The maximum Gasteiger partial charge on any atom is 0.0510 e. The lowest BCUT2D eigenvalue weighted by atomic mass is 9.94. The number of anilines is 1. The fourth-order valence-electron chi connectivity index (χ4n) is 2.77. The average Bonchev–Trinajstić information content (AvgIpc) is 2.45. The lowest BCUT2D eigenvalue weighted by molar-refractivity contribution is 0.395. The molecule has 1 aromatic rings. The van der Waals surface area contributed by atoms with Gasteiger partial charge in [0, 0.05) is 24.1 Å². The van der Waals surface area contributed by atoms with Gasteiger partial charge in [0.2, 0.25) is 0 Å². The third-order valence-electron chi connectivity index (χ3n) is 4.12. The molecule has 2 rings (SSSR count). The first kappa shape index (κ1) is 14.9. The maximum absolute atomic E-state index is 3.74. The highest BCUT2D eigenvalue weighted by atomic mass is 79.9. The molecule has 3 heteroatoms. The van der Waals surface area contributed by atoms with E-state index in [-0.39, 0.29) is 0 Å². The largest absolute Gasteiger partial charge is 0.371 e. The van der Waals surface area contributed by atoms with E-state index in [2.05, 4.69) is 58.2 Å². The zero-order valence-electron chi connectivity index (χ0n) is 12.1. The van der Waals surface area contributed by atoms with E-state index >= 15 is 0 Å². The van der Waals surface area contributed by atoms with Gasteiger partial charge in [0.1, 0.15) is 0 Å². The van der Waals surface area contributed by atoms with Gasteiger partial charge in [0.15, 0.2) is 0 Å². The summed E-state index contributed by atoms with van der Waals surface area (Å²) in [5.41, 5.74) is 2.70. The summed E-state index contributed by atoms with van der Waals surface area (Å²) in [6.45, 7) is 8.82. The van der Waals surface area contributed by atoms with Gasteiger partial charge in [-0.05, 0) is 58.9 Å². The van der Waals surface area contributed by atoms with Gasteiger partial charge in [0.05, 0.1) is 5.69 Å². The van der Waals surface area contributed by atoms with Crippen LogP contribution in [0.15, 0.2) is 22.7 Å². The Labute approximate surface area is 125 Å². The highest BCUT2D eigenvalue weighted by Gasteiger charge is 2.19. The summed E-state index contributed by atoms with van der Waals surface area (Å²) in [5.74, 6) is 0.933. The number of rotatable bonds is 5. The molecular formula is C16H25BrN2. The predicted octanol–water partition coefficient (Wildman–Crippen LogP) is 4.19. The average molecular weight is 325 g/mol. The lowest BCUT2D eigenvalue weighted by Crippen LogP contribution is -2.33. The number of piperidine rings is 1. The molecule has 0 atom stereocenters. The molecule has 2 nitrogen and oxygen atoms in total. The first-order valence-corrected chi connectivity index (χ1v) is 8.28.